The van der Waals surface area contributed by atoms with E-state index in [0.717, 1.165) is 47.2 Å². The maximum Gasteiger partial charge on any atom is 0.356 e. The topological polar surface area (TPSA) is 45.7 Å². The van der Waals surface area contributed by atoms with Crippen molar-refractivity contribution in [1.82, 2.24) is 9.88 Å². The average Bonchev–Trinajstić information content (AvgIpc) is 2.54. The van der Waals surface area contributed by atoms with Crippen LogP contribution in [0.25, 0.3) is 10.8 Å². The first-order valence-electron chi connectivity index (χ1n) is 7.20. The maximum absolute atomic E-state index is 11.9. The van der Waals surface area contributed by atoms with E-state index >= 15 is 0 Å². The van der Waals surface area contributed by atoms with Crippen molar-refractivity contribution >= 4 is 38.5 Å². The largest absolute Gasteiger partial charge is 0.464 e. The van der Waals surface area contributed by atoms with Gasteiger partial charge < -0.3 is 14.5 Å². The number of rotatable bonds is 2. The number of likely N-dealkylation sites (N-methyl/N-ethyl adjacent to an activating group) is 1. The van der Waals surface area contributed by atoms with Gasteiger partial charge >= 0.3 is 5.97 Å². The minimum Gasteiger partial charge on any atom is -0.464 e. The molecule has 1 aromatic heterocycles. The van der Waals surface area contributed by atoms with Crippen molar-refractivity contribution in [1.29, 1.82) is 0 Å². The summed E-state index contributed by atoms with van der Waals surface area (Å²) in [6, 6.07) is 7.80. The Kier molecular flexibility index (Phi) is 4.31. The SMILES string of the molecule is COC(=O)c1cc2ccc(Br)cc2c(N2CCN(C)CC2)n1. The minimum absolute atomic E-state index is 0.353. The third-order valence-electron chi connectivity index (χ3n) is 3.97. The summed E-state index contributed by atoms with van der Waals surface area (Å²) in [4.78, 5) is 21.0. The van der Waals surface area contributed by atoms with Gasteiger partial charge in [0.2, 0.25) is 0 Å². The molecule has 0 saturated carbocycles. The molecule has 1 fully saturated rings. The number of hydrogen-bond donors (Lipinski definition) is 0. The highest BCUT2D eigenvalue weighted by atomic mass is 79.9. The second kappa shape index (κ2) is 6.22. The van der Waals surface area contributed by atoms with E-state index in [-0.39, 0.29) is 0 Å². The van der Waals surface area contributed by atoms with E-state index in [4.69, 9.17) is 4.74 Å². The van der Waals surface area contributed by atoms with Crippen molar-refractivity contribution in [2.45, 2.75) is 0 Å². The van der Waals surface area contributed by atoms with Crippen LogP contribution >= 0.6 is 15.9 Å². The van der Waals surface area contributed by atoms with Crippen LogP contribution in [-0.4, -0.2) is 56.2 Å². The quantitative estimate of drug-likeness (QED) is 0.767. The van der Waals surface area contributed by atoms with E-state index in [2.05, 4.69) is 43.8 Å². The molecule has 1 aliphatic rings. The standard InChI is InChI=1S/C16H18BrN3O2/c1-19-5-7-20(8-6-19)15-13-10-12(17)4-3-11(13)9-14(18-15)16(21)22-2/h3-4,9-10H,5-8H2,1-2H3. The number of nitrogens with zero attached hydrogens (tertiary/aromatic N) is 3. The molecule has 1 aromatic carbocycles. The molecular weight excluding hydrogens is 346 g/mol. The average molecular weight is 364 g/mol. The number of ether oxygens (including phenoxy) is 1. The highest BCUT2D eigenvalue weighted by Gasteiger charge is 2.20. The molecule has 1 aliphatic heterocycles. The van der Waals surface area contributed by atoms with E-state index in [1.807, 2.05) is 12.1 Å². The summed E-state index contributed by atoms with van der Waals surface area (Å²) in [5.74, 6) is 0.451. The molecule has 3 rings (SSSR count). The van der Waals surface area contributed by atoms with Crippen LogP contribution in [0.4, 0.5) is 5.82 Å². The van der Waals surface area contributed by atoms with Crippen LogP contribution in [0.2, 0.25) is 0 Å². The molecule has 0 unspecified atom stereocenters. The van der Waals surface area contributed by atoms with Gasteiger partial charge in [-0.1, -0.05) is 22.0 Å². The van der Waals surface area contributed by atoms with Crippen molar-refractivity contribution in [3.05, 3.63) is 34.4 Å². The zero-order valence-electron chi connectivity index (χ0n) is 12.7. The van der Waals surface area contributed by atoms with E-state index < -0.39 is 5.97 Å². The molecule has 0 spiro atoms. The first-order chi connectivity index (χ1) is 10.6. The maximum atomic E-state index is 11.9. The molecule has 116 valence electrons. The van der Waals surface area contributed by atoms with Crippen LogP contribution in [0.15, 0.2) is 28.7 Å². The second-order valence-electron chi connectivity index (χ2n) is 5.48. The number of halogens is 1. The zero-order valence-corrected chi connectivity index (χ0v) is 14.3. The molecule has 1 saturated heterocycles. The molecule has 0 N–H and O–H groups in total. The lowest BCUT2D eigenvalue weighted by atomic mass is 10.1. The predicted octanol–water partition coefficient (Wildman–Crippen LogP) is 2.54. The predicted molar refractivity (Wildman–Crippen MR) is 90.5 cm³/mol. The number of carbonyl (C=O) groups excluding carboxylic acids is 1. The van der Waals surface area contributed by atoms with Crippen LogP contribution < -0.4 is 4.90 Å². The van der Waals surface area contributed by atoms with E-state index in [9.17, 15) is 4.79 Å². The normalized spacial score (nSPS) is 16.0. The van der Waals surface area contributed by atoms with Crippen molar-refractivity contribution in [2.75, 3.05) is 45.2 Å². The molecule has 0 atom stereocenters. The fourth-order valence-electron chi connectivity index (χ4n) is 2.67. The van der Waals surface area contributed by atoms with Gasteiger partial charge in [0.05, 0.1) is 7.11 Å². The Bertz CT molecular complexity index is 712. The first-order valence-corrected chi connectivity index (χ1v) is 8.00. The van der Waals surface area contributed by atoms with Crippen molar-refractivity contribution in [2.24, 2.45) is 0 Å². The summed E-state index contributed by atoms with van der Waals surface area (Å²) >= 11 is 3.52. The molecule has 22 heavy (non-hydrogen) atoms. The molecule has 5 nitrogen and oxygen atoms in total. The van der Waals surface area contributed by atoms with Gasteiger partial charge in [-0.3, -0.25) is 0 Å². The fraction of sp³-hybridized carbons (Fsp3) is 0.375. The number of piperazine rings is 1. The third-order valence-corrected chi connectivity index (χ3v) is 4.47. The van der Waals surface area contributed by atoms with Crippen molar-refractivity contribution in [3.63, 3.8) is 0 Å². The number of carbonyl (C=O) groups is 1. The smallest absolute Gasteiger partial charge is 0.356 e. The van der Waals surface area contributed by atoms with Gasteiger partial charge in [-0.2, -0.15) is 0 Å². The lowest BCUT2D eigenvalue weighted by Gasteiger charge is -2.34. The van der Waals surface area contributed by atoms with Crippen LogP contribution in [0.3, 0.4) is 0 Å². The van der Waals surface area contributed by atoms with Crippen molar-refractivity contribution in [3.8, 4) is 0 Å². The van der Waals surface area contributed by atoms with E-state index in [1.165, 1.54) is 7.11 Å². The molecule has 0 aliphatic carbocycles. The lowest BCUT2D eigenvalue weighted by molar-refractivity contribution is 0.0594. The molecular formula is C16H18BrN3O2. The Morgan fingerprint density at radius 2 is 1.95 bits per heavy atom. The molecule has 0 bridgehead atoms. The Morgan fingerprint density at radius 3 is 2.64 bits per heavy atom. The summed E-state index contributed by atoms with van der Waals surface area (Å²) in [6.07, 6.45) is 0. The highest BCUT2D eigenvalue weighted by Crippen LogP contribution is 2.29. The number of hydrogen-bond acceptors (Lipinski definition) is 5. The summed E-state index contributed by atoms with van der Waals surface area (Å²) < 4.78 is 5.83. The molecule has 2 heterocycles. The Morgan fingerprint density at radius 1 is 1.23 bits per heavy atom. The van der Waals surface area contributed by atoms with Gasteiger partial charge in [-0.15, -0.1) is 0 Å². The molecule has 2 aromatic rings. The summed E-state index contributed by atoms with van der Waals surface area (Å²) in [5.41, 5.74) is 0.353. The number of anilines is 1. The van der Waals surface area contributed by atoms with Crippen LogP contribution in [-0.2, 0) is 4.74 Å². The zero-order chi connectivity index (χ0) is 15.7. The van der Waals surface area contributed by atoms with E-state index in [1.54, 1.807) is 6.07 Å². The number of fused-ring (bicyclic) bond motifs is 1. The van der Waals surface area contributed by atoms with Crippen LogP contribution in [0, 0.1) is 0 Å². The molecule has 0 radical (unpaired) electrons. The number of pyridine rings is 1. The van der Waals surface area contributed by atoms with Gasteiger partial charge in [0.15, 0.2) is 5.69 Å². The number of benzene rings is 1. The Labute approximate surface area is 138 Å². The van der Waals surface area contributed by atoms with Gasteiger partial charge in [-0.25, -0.2) is 9.78 Å². The number of esters is 1. The number of aromatic nitrogens is 1. The van der Waals surface area contributed by atoms with Gasteiger partial charge in [-0.05, 0) is 30.6 Å². The van der Waals surface area contributed by atoms with E-state index in [0.29, 0.717) is 5.69 Å². The summed E-state index contributed by atoms with van der Waals surface area (Å²) in [7, 11) is 3.50. The minimum atomic E-state index is -0.403. The molecule has 0 amide bonds. The second-order valence-corrected chi connectivity index (χ2v) is 6.39. The Hall–Kier alpha value is -1.66. The van der Waals surface area contributed by atoms with Crippen LogP contribution in [0.5, 0.6) is 0 Å². The van der Waals surface area contributed by atoms with Gasteiger partial charge in [0.25, 0.3) is 0 Å². The Balaban J connectivity index is 2.12. The monoisotopic (exact) mass is 363 g/mol. The van der Waals surface area contributed by atoms with Gasteiger partial charge in [0, 0.05) is 36.0 Å². The summed E-state index contributed by atoms with van der Waals surface area (Å²) in [6.45, 7) is 3.77. The lowest BCUT2D eigenvalue weighted by Crippen LogP contribution is -2.45. The fourth-order valence-corrected chi connectivity index (χ4v) is 3.03. The number of methoxy groups -OCH3 is 1. The summed E-state index contributed by atoms with van der Waals surface area (Å²) in [5, 5.41) is 2.04. The van der Waals surface area contributed by atoms with Crippen molar-refractivity contribution < 1.29 is 9.53 Å². The first kappa shape index (κ1) is 15.2. The van der Waals surface area contributed by atoms with Crippen LogP contribution in [0.1, 0.15) is 10.5 Å². The highest BCUT2D eigenvalue weighted by molar-refractivity contribution is 9.10. The third kappa shape index (κ3) is 2.94. The van der Waals surface area contributed by atoms with Gasteiger partial charge in [0.1, 0.15) is 5.82 Å². The molecule has 6 heteroatoms.